The van der Waals surface area contributed by atoms with E-state index in [1.54, 1.807) is 0 Å². The third kappa shape index (κ3) is 5.49. The first-order chi connectivity index (χ1) is 13.3. The number of amides is 1. The molecule has 150 valence electrons. The van der Waals surface area contributed by atoms with Crippen molar-refractivity contribution in [3.05, 3.63) is 46.7 Å². The Morgan fingerprint density at radius 2 is 1.86 bits per heavy atom. The summed E-state index contributed by atoms with van der Waals surface area (Å²) < 4.78 is 28.9. The molecule has 0 aliphatic heterocycles. The molecule has 0 aliphatic carbocycles. The second kappa shape index (κ2) is 9.61. The summed E-state index contributed by atoms with van der Waals surface area (Å²) in [5, 5.41) is 2.01. The normalized spacial score (nSPS) is 11.1. The summed E-state index contributed by atoms with van der Waals surface area (Å²) in [6, 6.07) is 6.07. The number of carbonyl (C=O) groups excluding carboxylic acids is 2. The Labute approximate surface area is 168 Å². The number of ether oxygens (including phenoxy) is 1. The van der Waals surface area contributed by atoms with Crippen LogP contribution < -0.4 is 5.32 Å². The van der Waals surface area contributed by atoms with Gasteiger partial charge in [0.25, 0.3) is 5.91 Å². The highest BCUT2D eigenvalue weighted by Crippen LogP contribution is 2.18. The Morgan fingerprint density at radius 3 is 2.46 bits per heavy atom. The van der Waals surface area contributed by atoms with E-state index in [9.17, 15) is 18.0 Å². The lowest BCUT2D eigenvalue weighted by molar-refractivity contribution is 0.0499. The molecular weight excluding hydrogens is 406 g/mol. The van der Waals surface area contributed by atoms with Crippen molar-refractivity contribution >= 4 is 39.0 Å². The second-order valence-corrected chi connectivity index (χ2v) is 8.35. The fraction of sp³-hybridized carbons (Fsp3) is 0.333. The molecule has 0 atom stereocenters. The summed E-state index contributed by atoms with van der Waals surface area (Å²) in [6.07, 6.45) is 2.78. The van der Waals surface area contributed by atoms with Crippen molar-refractivity contribution in [2.45, 2.75) is 31.8 Å². The van der Waals surface area contributed by atoms with Crippen molar-refractivity contribution in [2.75, 3.05) is 17.7 Å². The van der Waals surface area contributed by atoms with E-state index in [1.807, 2.05) is 6.92 Å². The zero-order valence-corrected chi connectivity index (χ0v) is 17.0. The standard InChI is InChI=1S/C18H20ClN3O5S/c1-3-5-10-27-17(24)12-6-8-13(9-7-12)21-16(23)15-14(19)11-20-18(22-15)28(25,26)4-2/h6-9,11H,3-5,10H2,1-2H3,(H,21,23). The van der Waals surface area contributed by atoms with Crippen LogP contribution in [0.3, 0.4) is 0 Å². The summed E-state index contributed by atoms with van der Waals surface area (Å²) in [7, 11) is -3.68. The molecule has 28 heavy (non-hydrogen) atoms. The molecule has 8 nitrogen and oxygen atoms in total. The summed E-state index contributed by atoms with van der Waals surface area (Å²) in [6.45, 7) is 3.79. The van der Waals surface area contributed by atoms with Crippen LogP contribution in [-0.4, -0.2) is 42.6 Å². The molecule has 0 saturated carbocycles. The number of rotatable bonds is 8. The van der Waals surface area contributed by atoms with E-state index in [2.05, 4.69) is 15.3 Å². The molecular formula is C18H20ClN3O5S. The van der Waals surface area contributed by atoms with Gasteiger partial charge in [-0.15, -0.1) is 0 Å². The van der Waals surface area contributed by atoms with Gasteiger partial charge in [0.05, 0.1) is 29.1 Å². The topological polar surface area (TPSA) is 115 Å². The Hall–Kier alpha value is -2.52. The highest BCUT2D eigenvalue weighted by molar-refractivity contribution is 7.91. The third-order valence-electron chi connectivity index (χ3n) is 3.70. The average Bonchev–Trinajstić information content (AvgIpc) is 2.68. The number of nitrogens with zero attached hydrogens (tertiary/aromatic N) is 2. The van der Waals surface area contributed by atoms with E-state index < -0.39 is 26.9 Å². The predicted octanol–water partition coefficient (Wildman–Crippen LogP) is 3.13. The quantitative estimate of drug-likeness (QED) is 0.392. The molecule has 0 bridgehead atoms. The van der Waals surface area contributed by atoms with Crippen LogP contribution in [0.15, 0.2) is 35.6 Å². The lowest BCUT2D eigenvalue weighted by Gasteiger charge is -2.08. The predicted molar refractivity (Wildman–Crippen MR) is 104 cm³/mol. The maximum atomic E-state index is 12.4. The van der Waals surface area contributed by atoms with E-state index in [0.717, 1.165) is 19.0 Å². The van der Waals surface area contributed by atoms with Crippen molar-refractivity contribution in [1.82, 2.24) is 9.97 Å². The Morgan fingerprint density at radius 1 is 1.18 bits per heavy atom. The van der Waals surface area contributed by atoms with Gasteiger partial charge in [0.15, 0.2) is 5.69 Å². The van der Waals surface area contributed by atoms with Crippen LogP contribution in [0, 0.1) is 0 Å². The van der Waals surface area contributed by atoms with E-state index in [4.69, 9.17) is 16.3 Å². The fourth-order valence-electron chi connectivity index (χ4n) is 2.06. The fourth-order valence-corrected chi connectivity index (χ4v) is 2.94. The van der Waals surface area contributed by atoms with Gasteiger partial charge < -0.3 is 10.1 Å². The van der Waals surface area contributed by atoms with Crippen molar-refractivity contribution in [1.29, 1.82) is 0 Å². The highest BCUT2D eigenvalue weighted by Gasteiger charge is 2.21. The maximum absolute atomic E-state index is 12.4. The molecule has 0 unspecified atom stereocenters. The second-order valence-electron chi connectivity index (χ2n) is 5.77. The van der Waals surface area contributed by atoms with Crippen molar-refractivity contribution < 1.29 is 22.7 Å². The van der Waals surface area contributed by atoms with Crippen LogP contribution in [0.2, 0.25) is 5.02 Å². The van der Waals surface area contributed by atoms with E-state index in [1.165, 1.54) is 31.2 Å². The first-order valence-corrected chi connectivity index (χ1v) is 10.6. The number of halogens is 1. The molecule has 1 N–H and O–H groups in total. The zero-order valence-electron chi connectivity index (χ0n) is 15.4. The zero-order chi connectivity index (χ0) is 20.7. The van der Waals surface area contributed by atoms with Gasteiger partial charge in [-0.3, -0.25) is 4.79 Å². The minimum atomic E-state index is -3.68. The summed E-state index contributed by atoms with van der Waals surface area (Å²) in [4.78, 5) is 31.8. The molecule has 1 amide bonds. The van der Waals surface area contributed by atoms with Crippen molar-refractivity contribution in [3.63, 3.8) is 0 Å². The highest BCUT2D eigenvalue weighted by atomic mass is 35.5. The number of hydrogen-bond donors (Lipinski definition) is 1. The molecule has 0 aliphatic rings. The number of hydrogen-bond acceptors (Lipinski definition) is 7. The number of sulfone groups is 1. The monoisotopic (exact) mass is 425 g/mol. The minimum absolute atomic E-state index is 0.0799. The van der Waals surface area contributed by atoms with Gasteiger partial charge in [0, 0.05) is 5.69 Å². The van der Waals surface area contributed by atoms with Crippen LogP contribution in [0.4, 0.5) is 5.69 Å². The minimum Gasteiger partial charge on any atom is -0.462 e. The van der Waals surface area contributed by atoms with Crippen molar-refractivity contribution in [3.8, 4) is 0 Å². The Balaban J connectivity index is 2.13. The average molecular weight is 426 g/mol. The van der Waals surface area contributed by atoms with E-state index >= 15 is 0 Å². The summed E-state index contributed by atoms with van der Waals surface area (Å²) in [5.74, 6) is -1.34. The molecule has 1 aromatic heterocycles. The number of benzene rings is 1. The summed E-state index contributed by atoms with van der Waals surface area (Å²) >= 11 is 5.94. The number of esters is 1. The molecule has 0 saturated heterocycles. The molecule has 1 aromatic carbocycles. The van der Waals surface area contributed by atoms with Crippen molar-refractivity contribution in [2.24, 2.45) is 0 Å². The number of anilines is 1. The van der Waals surface area contributed by atoms with Gasteiger partial charge in [-0.1, -0.05) is 31.9 Å². The SMILES string of the molecule is CCCCOC(=O)c1ccc(NC(=O)c2nc(S(=O)(=O)CC)ncc2Cl)cc1. The molecule has 0 fully saturated rings. The van der Waals surface area contributed by atoms with Crippen LogP contribution in [0.25, 0.3) is 0 Å². The van der Waals surface area contributed by atoms with Gasteiger partial charge in [0.2, 0.25) is 15.0 Å². The maximum Gasteiger partial charge on any atom is 0.338 e. The lowest BCUT2D eigenvalue weighted by Crippen LogP contribution is -2.18. The van der Waals surface area contributed by atoms with Crippen LogP contribution in [0.5, 0.6) is 0 Å². The molecule has 10 heteroatoms. The molecule has 2 aromatic rings. The van der Waals surface area contributed by atoms with Gasteiger partial charge in [-0.05, 0) is 30.7 Å². The first-order valence-electron chi connectivity index (χ1n) is 8.62. The number of aromatic nitrogens is 2. The molecule has 0 spiro atoms. The summed E-state index contributed by atoms with van der Waals surface area (Å²) in [5.41, 5.74) is 0.474. The Bertz CT molecular complexity index is 962. The first kappa shape index (κ1) is 21.8. The van der Waals surface area contributed by atoms with Crippen LogP contribution in [0.1, 0.15) is 47.5 Å². The third-order valence-corrected chi connectivity index (χ3v) is 5.49. The number of unbranched alkanes of at least 4 members (excludes halogenated alkanes) is 1. The number of nitrogens with one attached hydrogen (secondary N) is 1. The van der Waals surface area contributed by atoms with Gasteiger partial charge in [0.1, 0.15) is 0 Å². The van der Waals surface area contributed by atoms with Gasteiger partial charge >= 0.3 is 5.97 Å². The van der Waals surface area contributed by atoms with Gasteiger partial charge in [-0.25, -0.2) is 23.2 Å². The van der Waals surface area contributed by atoms with Gasteiger partial charge in [-0.2, -0.15) is 0 Å². The van der Waals surface area contributed by atoms with Crippen LogP contribution >= 0.6 is 11.6 Å². The smallest absolute Gasteiger partial charge is 0.338 e. The molecule has 1 heterocycles. The molecule has 0 radical (unpaired) electrons. The molecule has 2 rings (SSSR count). The number of carbonyl (C=O) groups is 2. The van der Waals surface area contributed by atoms with E-state index in [-0.39, 0.29) is 16.5 Å². The van der Waals surface area contributed by atoms with E-state index in [0.29, 0.717) is 17.9 Å². The van der Waals surface area contributed by atoms with Crippen LogP contribution in [-0.2, 0) is 14.6 Å². The Kier molecular flexibility index (Phi) is 7.47. The largest absolute Gasteiger partial charge is 0.462 e. The lowest BCUT2D eigenvalue weighted by atomic mass is 10.2.